The maximum Gasteiger partial charge on any atom is 0.325 e. The molecule has 0 saturated heterocycles. The Morgan fingerprint density at radius 2 is 2.22 bits per heavy atom. The van der Waals surface area contributed by atoms with Gasteiger partial charge in [0, 0.05) is 3.57 Å². The minimum atomic E-state index is -0.621. The van der Waals surface area contributed by atoms with Gasteiger partial charge >= 0.3 is 5.97 Å². The average Bonchev–Trinajstić information content (AvgIpc) is 2.40. The van der Waals surface area contributed by atoms with Crippen molar-refractivity contribution in [3.05, 3.63) is 33.4 Å². The standard InChI is InChI=1S/C13H18INO3/c1-18-13(17)12(9-16)15-8-4-6-10-5-2-3-7-11(10)14/h2-3,5,7,12,15-16H,4,6,8-9H2,1H3. The first-order chi connectivity index (χ1) is 8.69. The summed E-state index contributed by atoms with van der Waals surface area (Å²) in [6, 6.07) is 7.60. The zero-order valence-electron chi connectivity index (χ0n) is 10.4. The number of nitrogens with one attached hydrogen (secondary N) is 1. The van der Waals surface area contributed by atoms with Gasteiger partial charge < -0.3 is 15.2 Å². The molecule has 0 heterocycles. The van der Waals surface area contributed by atoms with Crippen LogP contribution in [0.15, 0.2) is 24.3 Å². The van der Waals surface area contributed by atoms with Gasteiger partial charge in [-0.1, -0.05) is 18.2 Å². The molecule has 100 valence electrons. The topological polar surface area (TPSA) is 58.6 Å². The monoisotopic (exact) mass is 363 g/mol. The number of ether oxygens (including phenoxy) is 1. The Bertz CT molecular complexity index is 384. The normalized spacial score (nSPS) is 12.2. The van der Waals surface area contributed by atoms with Gasteiger partial charge in [-0.15, -0.1) is 0 Å². The molecule has 1 unspecified atom stereocenters. The predicted molar refractivity (Wildman–Crippen MR) is 78.4 cm³/mol. The molecule has 4 nitrogen and oxygen atoms in total. The van der Waals surface area contributed by atoms with E-state index in [-0.39, 0.29) is 6.61 Å². The number of rotatable bonds is 7. The van der Waals surface area contributed by atoms with Gasteiger partial charge in [0.1, 0.15) is 6.04 Å². The lowest BCUT2D eigenvalue weighted by molar-refractivity contribution is -0.144. The molecule has 18 heavy (non-hydrogen) atoms. The van der Waals surface area contributed by atoms with Crippen molar-refractivity contribution in [2.24, 2.45) is 0 Å². The molecule has 0 spiro atoms. The fourth-order valence-electron chi connectivity index (χ4n) is 1.62. The molecule has 0 radical (unpaired) electrons. The fourth-order valence-corrected chi connectivity index (χ4v) is 2.28. The van der Waals surface area contributed by atoms with Gasteiger partial charge in [-0.2, -0.15) is 0 Å². The smallest absolute Gasteiger partial charge is 0.325 e. The number of halogens is 1. The van der Waals surface area contributed by atoms with E-state index >= 15 is 0 Å². The maximum absolute atomic E-state index is 11.2. The Kier molecular flexibility index (Phi) is 7.22. The van der Waals surface area contributed by atoms with Crippen LogP contribution in [0.3, 0.4) is 0 Å². The van der Waals surface area contributed by atoms with Crippen molar-refractivity contribution in [3.8, 4) is 0 Å². The number of carbonyl (C=O) groups is 1. The van der Waals surface area contributed by atoms with Crippen LogP contribution >= 0.6 is 22.6 Å². The molecule has 0 aromatic heterocycles. The van der Waals surface area contributed by atoms with Crippen molar-refractivity contribution < 1.29 is 14.6 Å². The summed E-state index contributed by atoms with van der Waals surface area (Å²) in [4.78, 5) is 11.2. The summed E-state index contributed by atoms with van der Waals surface area (Å²) in [5, 5.41) is 12.0. The number of aliphatic hydroxyl groups excluding tert-OH is 1. The number of carbonyl (C=O) groups excluding carboxylic acids is 1. The van der Waals surface area contributed by atoms with Crippen LogP contribution in [0.5, 0.6) is 0 Å². The van der Waals surface area contributed by atoms with Crippen molar-refractivity contribution in [2.75, 3.05) is 20.3 Å². The molecule has 0 bridgehead atoms. The van der Waals surface area contributed by atoms with Crippen LogP contribution < -0.4 is 5.32 Å². The zero-order chi connectivity index (χ0) is 13.4. The number of hydrogen-bond acceptors (Lipinski definition) is 4. The highest BCUT2D eigenvalue weighted by atomic mass is 127. The molecular formula is C13H18INO3. The zero-order valence-corrected chi connectivity index (χ0v) is 12.5. The Morgan fingerprint density at radius 3 is 2.83 bits per heavy atom. The van der Waals surface area contributed by atoms with Crippen LogP contribution in [0.2, 0.25) is 0 Å². The molecule has 0 amide bonds. The third kappa shape index (κ3) is 4.91. The first-order valence-electron chi connectivity index (χ1n) is 5.84. The van der Waals surface area contributed by atoms with E-state index in [4.69, 9.17) is 5.11 Å². The first-order valence-corrected chi connectivity index (χ1v) is 6.92. The quantitative estimate of drug-likeness (QED) is 0.436. The number of hydrogen-bond donors (Lipinski definition) is 2. The van der Waals surface area contributed by atoms with Gasteiger partial charge in [-0.25, -0.2) is 0 Å². The van der Waals surface area contributed by atoms with Crippen molar-refractivity contribution in [1.82, 2.24) is 5.32 Å². The molecule has 0 aliphatic carbocycles. The van der Waals surface area contributed by atoms with Gasteiger partial charge in [0.2, 0.25) is 0 Å². The summed E-state index contributed by atoms with van der Waals surface area (Å²) in [5.74, 6) is -0.424. The van der Waals surface area contributed by atoms with E-state index in [1.54, 1.807) is 0 Å². The number of aliphatic hydroxyl groups is 1. The largest absolute Gasteiger partial charge is 0.468 e. The summed E-state index contributed by atoms with van der Waals surface area (Å²) >= 11 is 2.31. The SMILES string of the molecule is COC(=O)C(CO)NCCCc1ccccc1I. The molecule has 0 aliphatic heterocycles. The summed E-state index contributed by atoms with van der Waals surface area (Å²) < 4.78 is 5.83. The summed E-state index contributed by atoms with van der Waals surface area (Å²) in [6.07, 6.45) is 1.86. The van der Waals surface area contributed by atoms with E-state index in [1.807, 2.05) is 12.1 Å². The Balaban J connectivity index is 2.30. The van der Waals surface area contributed by atoms with Crippen LogP contribution in [-0.2, 0) is 16.0 Å². The molecule has 2 N–H and O–H groups in total. The van der Waals surface area contributed by atoms with Gasteiger partial charge in [0.15, 0.2) is 0 Å². The van der Waals surface area contributed by atoms with Crippen LogP contribution in [0.1, 0.15) is 12.0 Å². The molecule has 1 aromatic rings. The van der Waals surface area contributed by atoms with Gasteiger partial charge in [0.25, 0.3) is 0 Å². The molecular weight excluding hydrogens is 345 g/mol. The van der Waals surface area contributed by atoms with E-state index < -0.39 is 12.0 Å². The van der Waals surface area contributed by atoms with Crippen LogP contribution in [0, 0.1) is 3.57 Å². The summed E-state index contributed by atoms with van der Waals surface area (Å²) in [6.45, 7) is 0.431. The number of methoxy groups -OCH3 is 1. The first kappa shape index (κ1) is 15.4. The summed E-state index contributed by atoms with van der Waals surface area (Å²) in [7, 11) is 1.32. The number of esters is 1. The minimum absolute atomic E-state index is 0.241. The third-order valence-corrected chi connectivity index (χ3v) is 3.69. The molecule has 1 aromatic carbocycles. The minimum Gasteiger partial charge on any atom is -0.468 e. The van der Waals surface area contributed by atoms with Crippen molar-refractivity contribution >= 4 is 28.6 Å². The van der Waals surface area contributed by atoms with E-state index in [1.165, 1.54) is 16.2 Å². The molecule has 0 saturated carbocycles. The van der Waals surface area contributed by atoms with E-state index in [0.717, 1.165) is 12.8 Å². The highest BCUT2D eigenvalue weighted by Gasteiger charge is 2.16. The number of aryl methyl sites for hydroxylation is 1. The van der Waals surface area contributed by atoms with Gasteiger partial charge in [0.05, 0.1) is 13.7 Å². The van der Waals surface area contributed by atoms with Crippen molar-refractivity contribution in [2.45, 2.75) is 18.9 Å². The Labute approximate surface area is 121 Å². The third-order valence-electron chi connectivity index (χ3n) is 2.64. The lowest BCUT2D eigenvalue weighted by Gasteiger charge is -2.13. The number of benzene rings is 1. The Morgan fingerprint density at radius 1 is 1.50 bits per heavy atom. The second-order valence-corrected chi connectivity index (χ2v) is 5.07. The maximum atomic E-state index is 11.2. The highest BCUT2D eigenvalue weighted by molar-refractivity contribution is 14.1. The van der Waals surface area contributed by atoms with E-state index in [9.17, 15) is 4.79 Å². The van der Waals surface area contributed by atoms with Crippen molar-refractivity contribution in [3.63, 3.8) is 0 Å². The predicted octanol–water partition coefficient (Wildman–Crippen LogP) is 1.35. The molecule has 1 rings (SSSR count). The molecule has 0 fully saturated rings. The average molecular weight is 363 g/mol. The van der Waals surface area contributed by atoms with Crippen LogP contribution in [-0.4, -0.2) is 37.4 Å². The molecule has 1 atom stereocenters. The lowest BCUT2D eigenvalue weighted by atomic mass is 10.1. The second-order valence-electron chi connectivity index (χ2n) is 3.91. The van der Waals surface area contributed by atoms with Crippen LogP contribution in [0.25, 0.3) is 0 Å². The fraction of sp³-hybridized carbons (Fsp3) is 0.462. The van der Waals surface area contributed by atoms with Crippen molar-refractivity contribution in [1.29, 1.82) is 0 Å². The molecule has 5 heteroatoms. The van der Waals surface area contributed by atoms with Gasteiger partial charge in [-0.05, 0) is 53.6 Å². The summed E-state index contributed by atoms with van der Waals surface area (Å²) in [5.41, 5.74) is 1.30. The Hall–Kier alpha value is -0.660. The van der Waals surface area contributed by atoms with E-state index in [2.05, 4.69) is 44.8 Å². The molecule has 0 aliphatic rings. The highest BCUT2D eigenvalue weighted by Crippen LogP contribution is 2.12. The van der Waals surface area contributed by atoms with Gasteiger partial charge in [-0.3, -0.25) is 4.79 Å². The van der Waals surface area contributed by atoms with E-state index in [0.29, 0.717) is 6.54 Å². The van der Waals surface area contributed by atoms with Crippen LogP contribution in [0.4, 0.5) is 0 Å². The second kappa shape index (κ2) is 8.44. The lowest BCUT2D eigenvalue weighted by Crippen LogP contribution is -2.41.